The van der Waals surface area contributed by atoms with Gasteiger partial charge in [-0.2, -0.15) is 0 Å². The Balaban J connectivity index is 2.61. The zero-order valence-corrected chi connectivity index (χ0v) is 11.4. The Morgan fingerprint density at radius 3 is 2.67 bits per heavy atom. The van der Waals surface area contributed by atoms with Gasteiger partial charge in [0.1, 0.15) is 0 Å². The predicted molar refractivity (Wildman–Crippen MR) is 75.3 cm³/mol. The molecule has 0 aliphatic carbocycles. The highest BCUT2D eigenvalue weighted by atomic mass is 16.2. The number of nitrogens with zero attached hydrogens (tertiary/aromatic N) is 2. The molecule has 0 fully saturated rings. The molecule has 0 aliphatic heterocycles. The van der Waals surface area contributed by atoms with Crippen LogP contribution in [0.15, 0.2) is 24.3 Å². The van der Waals surface area contributed by atoms with Crippen LogP contribution in [0.2, 0.25) is 0 Å². The summed E-state index contributed by atoms with van der Waals surface area (Å²) >= 11 is 0. The minimum absolute atomic E-state index is 0.00247. The fourth-order valence-electron chi connectivity index (χ4n) is 1.63. The van der Waals surface area contributed by atoms with Gasteiger partial charge < -0.3 is 15.1 Å². The number of carbonyl (C=O) groups excluding carboxylic acids is 1. The number of likely N-dealkylation sites (N-methyl/N-ethyl adjacent to an activating group) is 1. The van der Waals surface area contributed by atoms with Crippen molar-refractivity contribution in [2.75, 3.05) is 39.5 Å². The average Bonchev–Trinajstić information content (AvgIpc) is 2.28. The van der Waals surface area contributed by atoms with Crippen molar-refractivity contribution in [1.82, 2.24) is 9.80 Å². The number of carbonyl (C=O) groups is 1. The molecule has 4 nitrogen and oxygen atoms in total. The number of hydrogen-bond acceptors (Lipinski definition) is 3. The molecule has 1 aromatic rings. The van der Waals surface area contributed by atoms with Gasteiger partial charge in [0.15, 0.2) is 0 Å². The molecular formula is C14H22N3O. The van der Waals surface area contributed by atoms with Crippen LogP contribution in [0.5, 0.6) is 0 Å². The molecule has 0 spiro atoms. The molecular weight excluding hydrogens is 226 g/mol. The topological polar surface area (TPSA) is 35.6 Å². The van der Waals surface area contributed by atoms with Crippen LogP contribution in [-0.4, -0.2) is 49.9 Å². The lowest BCUT2D eigenvalue weighted by Gasteiger charge is -2.15. The Hall–Kier alpha value is -1.39. The van der Waals surface area contributed by atoms with Crippen molar-refractivity contribution in [1.29, 1.82) is 0 Å². The zero-order valence-electron chi connectivity index (χ0n) is 11.4. The Kier molecular flexibility index (Phi) is 5.82. The van der Waals surface area contributed by atoms with Crippen LogP contribution in [0, 0.1) is 6.92 Å². The van der Waals surface area contributed by atoms with E-state index in [0.717, 1.165) is 18.8 Å². The lowest BCUT2D eigenvalue weighted by molar-refractivity contribution is -0.116. The number of benzene rings is 1. The highest BCUT2D eigenvalue weighted by Gasteiger charge is 2.04. The number of amides is 1. The fourth-order valence-corrected chi connectivity index (χ4v) is 1.63. The van der Waals surface area contributed by atoms with Crippen LogP contribution in [-0.2, 0) is 11.3 Å². The standard InChI is InChI=1S/C14H22N3O/c1-5-17(4)10-12-7-6-8-13(9-12)15-14(18)11-16(2)3/h6-9H,1,5,10-11H2,2-4H3,(H,15,18). The second kappa shape index (κ2) is 7.13. The largest absolute Gasteiger partial charge is 0.325 e. The number of anilines is 1. The molecule has 0 unspecified atom stereocenters. The van der Waals surface area contributed by atoms with Gasteiger partial charge in [-0.1, -0.05) is 12.1 Å². The van der Waals surface area contributed by atoms with Gasteiger partial charge in [-0.15, -0.1) is 0 Å². The maximum atomic E-state index is 11.6. The molecule has 0 heterocycles. The van der Waals surface area contributed by atoms with Crippen molar-refractivity contribution in [3.05, 3.63) is 36.8 Å². The lowest BCUT2D eigenvalue weighted by atomic mass is 10.2. The van der Waals surface area contributed by atoms with Crippen LogP contribution < -0.4 is 5.32 Å². The molecule has 0 bridgehead atoms. The van der Waals surface area contributed by atoms with Gasteiger partial charge in [-0.25, -0.2) is 0 Å². The van der Waals surface area contributed by atoms with Gasteiger partial charge in [-0.3, -0.25) is 4.79 Å². The van der Waals surface area contributed by atoms with E-state index in [2.05, 4.69) is 17.1 Å². The smallest absolute Gasteiger partial charge is 0.238 e. The van der Waals surface area contributed by atoms with Crippen molar-refractivity contribution in [2.24, 2.45) is 0 Å². The normalized spacial score (nSPS) is 11.0. The molecule has 0 aromatic heterocycles. The number of rotatable bonds is 6. The Morgan fingerprint density at radius 2 is 2.06 bits per heavy atom. The first-order valence-electron chi connectivity index (χ1n) is 6.02. The molecule has 1 radical (unpaired) electrons. The highest BCUT2D eigenvalue weighted by Crippen LogP contribution is 2.12. The van der Waals surface area contributed by atoms with Crippen LogP contribution in [0.1, 0.15) is 5.56 Å². The van der Waals surface area contributed by atoms with Gasteiger partial charge in [0, 0.05) is 12.2 Å². The maximum absolute atomic E-state index is 11.6. The maximum Gasteiger partial charge on any atom is 0.238 e. The SMILES string of the molecule is [CH2]CN(C)Cc1cccc(NC(=O)CN(C)C)c1. The van der Waals surface area contributed by atoms with Crippen molar-refractivity contribution in [3.8, 4) is 0 Å². The summed E-state index contributed by atoms with van der Waals surface area (Å²) in [6.07, 6.45) is 0. The van der Waals surface area contributed by atoms with Crippen LogP contribution in [0.3, 0.4) is 0 Å². The van der Waals surface area contributed by atoms with E-state index in [1.807, 2.05) is 50.3 Å². The predicted octanol–water partition coefficient (Wildman–Crippen LogP) is 1.45. The number of hydrogen-bond donors (Lipinski definition) is 1. The van der Waals surface area contributed by atoms with E-state index in [1.54, 1.807) is 0 Å². The molecule has 18 heavy (non-hydrogen) atoms. The van der Waals surface area contributed by atoms with Crippen LogP contribution in [0.25, 0.3) is 0 Å². The van der Waals surface area contributed by atoms with Crippen molar-refractivity contribution in [3.63, 3.8) is 0 Å². The van der Waals surface area contributed by atoms with Gasteiger partial charge in [0.2, 0.25) is 5.91 Å². The lowest BCUT2D eigenvalue weighted by Crippen LogP contribution is -2.27. The first-order valence-corrected chi connectivity index (χ1v) is 6.02. The molecule has 1 N–H and O–H groups in total. The van der Waals surface area contributed by atoms with Crippen LogP contribution >= 0.6 is 0 Å². The summed E-state index contributed by atoms with van der Waals surface area (Å²) in [5.41, 5.74) is 2.01. The minimum Gasteiger partial charge on any atom is -0.325 e. The molecule has 4 heteroatoms. The van der Waals surface area contributed by atoms with E-state index in [9.17, 15) is 4.79 Å². The van der Waals surface area contributed by atoms with E-state index in [4.69, 9.17) is 0 Å². The van der Waals surface area contributed by atoms with E-state index in [1.165, 1.54) is 5.56 Å². The molecule has 1 amide bonds. The summed E-state index contributed by atoms with van der Waals surface area (Å²) in [5, 5.41) is 2.89. The fraction of sp³-hybridized carbons (Fsp3) is 0.429. The van der Waals surface area contributed by atoms with Crippen molar-refractivity contribution >= 4 is 11.6 Å². The summed E-state index contributed by atoms with van der Waals surface area (Å²) in [6, 6.07) is 7.91. The Bertz CT molecular complexity index is 390. The summed E-state index contributed by atoms with van der Waals surface area (Å²) in [4.78, 5) is 15.6. The quantitative estimate of drug-likeness (QED) is 0.827. The molecule has 1 rings (SSSR count). The monoisotopic (exact) mass is 248 g/mol. The molecule has 99 valence electrons. The van der Waals surface area contributed by atoms with Gasteiger partial charge in [-0.05, 0) is 52.3 Å². The van der Waals surface area contributed by atoms with Crippen molar-refractivity contribution < 1.29 is 4.79 Å². The third kappa shape index (κ3) is 5.29. The zero-order chi connectivity index (χ0) is 13.5. The first-order chi connectivity index (χ1) is 8.51. The van der Waals surface area contributed by atoms with Gasteiger partial charge >= 0.3 is 0 Å². The Labute approximate surface area is 110 Å². The first kappa shape index (κ1) is 14.7. The van der Waals surface area contributed by atoms with Crippen molar-refractivity contribution in [2.45, 2.75) is 6.54 Å². The summed E-state index contributed by atoms with van der Waals surface area (Å²) < 4.78 is 0. The van der Waals surface area contributed by atoms with E-state index in [-0.39, 0.29) is 5.91 Å². The number of nitrogens with one attached hydrogen (secondary N) is 1. The molecule has 0 saturated heterocycles. The third-order valence-corrected chi connectivity index (χ3v) is 2.50. The summed E-state index contributed by atoms with van der Waals surface area (Å²) in [7, 11) is 5.77. The molecule has 0 saturated carbocycles. The highest BCUT2D eigenvalue weighted by molar-refractivity contribution is 5.92. The van der Waals surface area contributed by atoms with E-state index < -0.39 is 0 Å². The minimum atomic E-state index is 0.00247. The van der Waals surface area contributed by atoms with E-state index in [0.29, 0.717) is 6.54 Å². The average molecular weight is 248 g/mol. The third-order valence-electron chi connectivity index (χ3n) is 2.50. The Morgan fingerprint density at radius 1 is 1.33 bits per heavy atom. The van der Waals surface area contributed by atoms with Gasteiger partial charge in [0.25, 0.3) is 0 Å². The van der Waals surface area contributed by atoms with E-state index >= 15 is 0 Å². The van der Waals surface area contributed by atoms with Crippen LogP contribution in [0.4, 0.5) is 5.69 Å². The molecule has 1 aromatic carbocycles. The second-order valence-electron chi connectivity index (χ2n) is 4.72. The molecule has 0 aliphatic rings. The second-order valence-corrected chi connectivity index (χ2v) is 4.72. The summed E-state index contributed by atoms with van der Waals surface area (Å²) in [6.45, 7) is 5.82. The molecule has 0 atom stereocenters. The van der Waals surface area contributed by atoms with Gasteiger partial charge in [0.05, 0.1) is 6.54 Å². The summed E-state index contributed by atoms with van der Waals surface area (Å²) in [5.74, 6) is 0.00247.